The Balaban J connectivity index is 1.36. The third kappa shape index (κ3) is 4.54. The highest BCUT2D eigenvalue weighted by Crippen LogP contribution is 2.36. The lowest BCUT2D eigenvalue weighted by Gasteiger charge is -2.43. The van der Waals surface area contributed by atoms with Gasteiger partial charge in [-0.1, -0.05) is 6.07 Å². The van der Waals surface area contributed by atoms with Crippen LogP contribution in [-0.4, -0.2) is 45.5 Å². The van der Waals surface area contributed by atoms with Gasteiger partial charge in [-0.2, -0.15) is 0 Å². The number of halogens is 1. The molecule has 8 heteroatoms. The Labute approximate surface area is 184 Å². The number of fused-ring (bicyclic) bond motifs is 1. The summed E-state index contributed by atoms with van der Waals surface area (Å²) < 4.78 is 19.1. The van der Waals surface area contributed by atoms with Crippen molar-refractivity contribution in [3.05, 3.63) is 65.7 Å². The average molecular weight is 437 g/mol. The molecule has 1 aliphatic heterocycles. The van der Waals surface area contributed by atoms with Gasteiger partial charge in [0, 0.05) is 23.8 Å². The number of pyridine rings is 2. The number of carboxylic acid groups (broad SMARTS) is 1. The SMILES string of the molecule is COc1ccc([C@H](CC(=O)O)N2CC(CCCc3ccc4cccnc4n3)C2=O)cc1F. The van der Waals surface area contributed by atoms with Gasteiger partial charge in [0.15, 0.2) is 17.2 Å². The summed E-state index contributed by atoms with van der Waals surface area (Å²) in [5.41, 5.74) is 2.08. The smallest absolute Gasteiger partial charge is 0.305 e. The minimum absolute atomic E-state index is 0.0770. The maximum Gasteiger partial charge on any atom is 0.305 e. The summed E-state index contributed by atoms with van der Waals surface area (Å²) in [6.07, 6.45) is 3.64. The lowest BCUT2D eigenvalue weighted by atomic mass is 9.88. The van der Waals surface area contributed by atoms with Crippen LogP contribution in [0.4, 0.5) is 4.39 Å². The van der Waals surface area contributed by atoms with Crippen LogP contribution in [0.1, 0.15) is 36.6 Å². The molecule has 2 atom stereocenters. The molecule has 3 heterocycles. The zero-order chi connectivity index (χ0) is 22.7. The largest absolute Gasteiger partial charge is 0.494 e. The quantitative estimate of drug-likeness (QED) is 0.512. The molecule has 1 aliphatic rings. The maximum absolute atomic E-state index is 14.1. The number of rotatable bonds is 9. The van der Waals surface area contributed by atoms with Crippen LogP contribution in [-0.2, 0) is 16.0 Å². The Morgan fingerprint density at radius 1 is 1.31 bits per heavy atom. The van der Waals surface area contributed by atoms with Crippen LogP contribution < -0.4 is 4.74 Å². The number of benzene rings is 1. The second kappa shape index (κ2) is 9.30. The number of aryl methyl sites for hydroxylation is 1. The van der Waals surface area contributed by atoms with Crippen molar-refractivity contribution in [3.63, 3.8) is 0 Å². The number of likely N-dealkylation sites (tertiary alicyclic amines) is 1. The van der Waals surface area contributed by atoms with Gasteiger partial charge in [0.05, 0.1) is 25.5 Å². The Hall–Kier alpha value is -3.55. The van der Waals surface area contributed by atoms with Crippen LogP contribution in [0.15, 0.2) is 48.7 Å². The van der Waals surface area contributed by atoms with Crippen molar-refractivity contribution in [2.75, 3.05) is 13.7 Å². The number of methoxy groups -OCH3 is 1. The van der Waals surface area contributed by atoms with E-state index in [4.69, 9.17) is 4.74 Å². The van der Waals surface area contributed by atoms with Crippen LogP contribution in [0.2, 0.25) is 0 Å². The Bertz CT molecular complexity index is 1150. The van der Waals surface area contributed by atoms with Gasteiger partial charge in [-0.3, -0.25) is 9.59 Å². The highest BCUT2D eigenvalue weighted by molar-refractivity contribution is 5.85. The van der Waals surface area contributed by atoms with Gasteiger partial charge in [-0.15, -0.1) is 0 Å². The van der Waals surface area contributed by atoms with E-state index in [0.29, 0.717) is 24.2 Å². The van der Waals surface area contributed by atoms with Gasteiger partial charge in [-0.05, 0) is 61.2 Å². The topological polar surface area (TPSA) is 92.6 Å². The molecule has 0 spiro atoms. The number of nitrogens with zero attached hydrogens (tertiary/aromatic N) is 3. The monoisotopic (exact) mass is 437 g/mol. The summed E-state index contributed by atoms with van der Waals surface area (Å²) in [7, 11) is 1.36. The van der Waals surface area contributed by atoms with E-state index in [2.05, 4.69) is 9.97 Å². The van der Waals surface area contributed by atoms with E-state index in [1.165, 1.54) is 24.1 Å². The van der Waals surface area contributed by atoms with E-state index in [-0.39, 0.29) is 24.0 Å². The van der Waals surface area contributed by atoms with Crippen molar-refractivity contribution in [2.45, 2.75) is 31.7 Å². The first kappa shape index (κ1) is 21.7. The summed E-state index contributed by atoms with van der Waals surface area (Å²) in [6.45, 7) is 0.455. The Morgan fingerprint density at radius 3 is 2.88 bits per heavy atom. The lowest BCUT2D eigenvalue weighted by Crippen LogP contribution is -2.54. The van der Waals surface area contributed by atoms with Crippen molar-refractivity contribution >= 4 is 22.9 Å². The van der Waals surface area contributed by atoms with Crippen LogP contribution >= 0.6 is 0 Å². The van der Waals surface area contributed by atoms with E-state index in [1.54, 1.807) is 12.3 Å². The molecular weight excluding hydrogens is 413 g/mol. The third-order valence-electron chi connectivity index (χ3n) is 5.86. The number of ether oxygens (including phenoxy) is 1. The van der Waals surface area contributed by atoms with Gasteiger partial charge in [-0.25, -0.2) is 14.4 Å². The fourth-order valence-electron chi connectivity index (χ4n) is 4.15. The maximum atomic E-state index is 14.1. The minimum Gasteiger partial charge on any atom is -0.494 e. The molecule has 1 fully saturated rings. The summed E-state index contributed by atoms with van der Waals surface area (Å²) in [4.78, 5) is 34.5. The number of hydrogen-bond acceptors (Lipinski definition) is 5. The normalized spacial score (nSPS) is 16.6. The van der Waals surface area contributed by atoms with Crippen molar-refractivity contribution in [2.24, 2.45) is 5.92 Å². The van der Waals surface area contributed by atoms with Crippen molar-refractivity contribution in [1.82, 2.24) is 14.9 Å². The summed E-state index contributed by atoms with van der Waals surface area (Å²) >= 11 is 0. The number of carbonyl (C=O) groups excluding carboxylic acids is 1. The number of hydrogen-bond donors (Lipinski definition) is 1. The molecule has 4 rings (SSSR count). The minimum atomic E-state index is -1.04. The van der Waals surface area contributed by atoms with Crippen molar-refractivity contribution < 1.29 is 23.8 Å². The van der Waals surface area contributed by atoms with Gasteiger partial charge in [0.1, 0.15) is 0 Å². The first-order valence-electron chi connectivity index (χ1n) is 10.5. The predicted octanol–water partition coefficient (Wildman–Crippen LogP) is 3.77. The second-order valence-electron chi connectivity index (χ2n) is 7.94. The molecule has 1 amide bonds. The summed E-state index contributed by atoms with van der Waals surface area (Å²) in [6, 6.07) is 11.4. The molecule has 3 aromatic rings. The summed E-state index contributed by atoms with van der Waals surface area (Å²) in [5.74, 6) is -1.80. The molecule has 7 nitrogen and oxygen atoms in total. The van der Waals surface area contributed by atoms with E-state index in [9.17, 15) is 19.1 Å². The molecule has 0 radical (unpaired) electrons. The van der Waals surface area contributed by atoms with Crippen LogP contribution in [0.25, 0.3) is 11.0 Å². The zero-order valence-corrected chi connectivity index (χ0v) is 17.7. The number of carboxylic acids is 1. The van der Waals surface area contributed by atoms with Crippen LogP contribution in [0.3, 0.4) is 0 Å². The zero-order valence-electron chi connectivity index (χ0n) is 17.7. The molecular formula is C24H24FN3O4. The van der Waals surface area contributed by atoms with E-state index >= 15 is 0 Å². The van der Waals surface area contributed by atoms with E-state index in [1.807, 2.05) is 24.3 Å². The van der Waals surface area contributed by atoms with Gasteiger partial charge < -0.3 is 14.7 Å². The van der Waals surface area contributed by atoms with Crippen molar-refractivity contribution in [1.29, 1.82) is 0 Å². The number of carbonyl (C=O) groups is 2. The van der Waals surface area contributed by atoms with Gasteiger partial charge in [0.2, 0.25) is 5.91 Å². The number of amides is 1. The van der Waals surface area contributed by atoms with E-state index < -0.39 is 17.8 Å². The highest BCUT2D eigenvalue weighted by Gasteiger charge is 2.41. The first-order valence-corrected chi connectivity index (χ1v) is 10.5. The molecule has 2 aromatic heterocycles. The fourth-order valence-corrected chi connectivity index (χ4v) is 4.15. The molecule has 32 heavy (non-hydrogen) atoms. The molecule has 0 aliphatic carbocycles. The van der Waals surface area contributed by atoms with Gasteiger partial charge in [0.25, 0.3) is 0 Å². The fraction of sp³-hybridized carbons (Fsp3) is 0.333. The first-order chi connectivity index (χ1) is 15.5. The number of β-lactam (4-membered cyclic amide) rings is 1. The molecule has 1 aromatic carbocycles. The third-order valence-corrected chi connectivity index (χ3v) is 5.86. The average Bonchev–Trinajstić information content (AvgIpc) is 2.79. The van der Waals surface area contributed by atoms with Gasteiger partial charge >= 0.3 is 5.97 Å². The number of aromatic nitrogens is 2. The Morgan fingerprint density at radius 2 is 2.16 bits per heavy atom. The van der Waals surface area contributed by atoms with Crippen molar-refractivity contribution in [3.8, 4) is 5.75 Å². The molecule has 1 unspecified atom stereocenters. The molecule has 0 bridgehead atoms. The lowest BCUT2D eigenvalue weighted by molar-refractivity contribution is -0.154. The molecule has 1 saturated heterocycles. The molecule has 0 saturated carbocycles. The van der Waals surface area contributed by atoms with Crippen LogP contribution in [0, 0.1) is 11.7 Å². The standard InChI is InChI=1S/C24H24FN3O4/c1-32-21-10-8-16(12-19(21)25)20(13-22(29)30)28-14-17(24(28)31)4-2-6-18-9-7-15-5-3-11-26-23(15)27-18/h3,5,7-12,17,20H,2,4,6,13-14H2,1H3,(H,29,30)/t17?,20-/m0/s1. The predicted molar refractivity (Wildman–Crippen MR) is 116 cm³/mol. The summed E-state index contributed by atoms with van der Waals surface area (Å²) in [5, 5.41) is 10.3. The molecule has 166 valence electrons. The highest BCUT2D eigenvalue weighted by atomic mass is 19.1. The molecule has 1 N–H and O–H groups in total. The van der Waals surface area contributed by atoms with Crippen LogP contribution in [0.5, 0.6) is 5.75 Å². The van der Waals surface area contributed by atoms with E-state index in [0.717, 1.165) is 23.9 Å². The second-order valence-corrected chi connectivity index (χ2v) is 7.94. The number of aliphatic carboxylic acids is 1. The Kier molecular flexibility index (Phi) is 6.30.